The van der Waals surface area contributed by atoms with E-state index in [9.17, 15) is 9.59 Å². The number of nitrogens with zero attached hydrogens (tertiary/aromatic N) is 2. The zero-order valence-electron chi connectivity index (χ0n) is 17.3. The summed E-state index contributed by atoms with van der Waals surface area (Å²) in [6.07, 6.45) is 0.847. The van der Waals surface area contributed by atoms with Crippen LogP contribution >= 0.6 is 0 Å². The Kier molecular flexibility index (Phi) is 6.85. The normalized spacial score (nSPS) is 11.6. The Hall–Kier alpha value is -3.61. The third-order valence-electron chi connectivity index (χ3n) is 4.59. The summed E-state index contributed by atoms with van der Waals surface area (Å²) in [6.45, 7) is 4.26. The molecule has 7 nitrogen and oxygen atoms in total. The van der Waals surface area contributed by atoms with Crippen LogP contribution in [0.15, 0.2) is 65.7 Å². The topological polar surface area (TPSA) is 82.5 Å². The lowest BCUT2D eigenvalue weighted by Crippen LogP contribution is -2.38. The summed E-state index contributed by atoms with van der Waals surface area (Å²) in [5.74, 6) is 1.14. The van der Waals surface area contributed by atoms with Gasteiger partial charge in [0.05, 0.1) is 19.1 Å². The average molecular weight is 407 g/mol. The minimum Gasteiger partial charge on any atom is -0.497 e. The maximum absolute atomic E-state index is 12.4. The van der Waals surface area contributed by atoms with Gasteiger partial charge in [0, 0.05) is 24.7 Å². The molecule has 1 amide bonds. The summed E-state index contributed by atoms with van der Waals surface area (Å²) in [5.41, 5.74) is 2.29. The molecular weight excluding hydrogens is 382 g/mol. The molecule has 1 atom stereocenters. The number of hydrogen-bond donors (Lipinski definition) is 1. The maximum Gasteiger partial charge on any atom is 0.260 e. The zero-order chi connectivity index (χ0) is 21.5. The second kappa shape index (κ2) is 9.73. The summed E-state index contributed by atoms with van der Waals surface area (Å²) in [5, 5.41) is 2.79. The molecule has 1 heterocycles. The van der Waals surface area contributed by atoms with Crippen LogP contribution in [0.5, 0.6) is 11.5 Å². The van der Waals surface area contributed by atoms with Crippen molar-refractivity contribution in [3.05, 3.63) is 76.8 Å². The summed E-state index contributed by atoms with van der Waals surface area (Å²) in [4.78, 5) is 29.0. The Bertz CT molecular complexity index is 1060. The Morgan fingerprint density at radius 3 is 2.57 bits per heavy atom. The van der Waals surface area contributed by atoms with Crippen molar-refractivity contribution >= 4 is 5.91 Å². The molecule has 0 aliphatic carbocycles. The first-order valence-corrected chi connectivity index (χ1v) is 9.68. The molecule has 0 aliphatic heterocycles. The third kappa shape index (κ3) is 5.47. The van der Waals surface area contributed by atoms with Crippen LogP contribution in [0.3, 0.4) is 0 Å². The van der Waals surface area contributed by atoms with Crippen molar-refractivity contribution in [3.8, 4) is 22.8 Å². The zero-order valence-corrected chi connectivity index (χ0v) is 17.3. The van der Waals surface area contributed by atoms with Crippen LogP contribution in [0.25, 0.3) is 11.3 Å². The SMILES string of the molecule is COc1ccc(-c2cc(=O)n(CCNC(=O)C(C)Oc3cccc(C)c3)cn2)cc1. The van der Waals surface area contributed by atoms with E-state index in [1.165, 1.54) is 17.0 Å². The smallest absolute Gasteiger partial charge is 0.260 e. The molecule has 3 rings (SSSR count). The highest BCUT2D eigenvalue weighted by Crippen LogP contribution is 2.19. The fraction of sp³-hybridized carbons (Fsp3) is 0.261. The lowest BCUT2D eigenvalue weighted by Gasteiger charge is -2.15. The van der Waals surface area contributed by atoms with Crippen molar-refractivity contribution in [1.29, 1.82) is 0 Å². The molecule has 2 aromatic carbocycles. The molecule has 1 N–H and O–H groups in total. The predicted octanol–water partition coefficient (Wildman–Crippen LogP) is 2.81. The summed E-state index contributed by atoms with van der Waals surface area (Å²) in [6, 6.07) is 16.3. The van der Waals surface area contributed by atoms with Crippen LogP contribution in [0.4, 0.5) is 0 Å². The first kappa shape index (κ1) is 21.1. The molecule has 0 saturated carbocycles. The number of aromatic nitrogens is 2. The maximum atomic E-state index is 12.4. The molecule has 1 aromatic heterocycles. The highest BCUT2D eigenvalue weighted by atomic mass is 16.5. The molecule has 7 heteroatoms. The molecule has 0 fully saturated rings. The quantitative estimate of drug-likeness (QED) is 0.621. The van der Waals surface area contributed by atoms with Crippen molar-refractivity contribution in [3.63, 3.8) is 0 Å². The van der Waals surface area contributed by atoms with Gasteiger partial charge >= 0.3 is 0 Å². The molecular formula is C23H25N3O4. The molecule has 3 aromatic rings. The Balaban J connectivity index is 1.54. The van der Waals surface area contributed by atoms with Gasteiger partial charge in [0.1, 0.15) is 11.5 Å². The van der Waals surface area contributed by atoms with E-state index < -0.39 is 6.10 Å². The Labute approximate surface area is 175 Å². The van der Waals surface area contributed by atoms with Gasteiger partial charge in [-0.25, -0.2) is 4.98 Å². The van der Waals surface area contributed by atoms with E-state index in [1.807, 2.05) is 55.5 Å². The fourth-order valence-electron chi connectivity index (χ4n) is 2.90. The van der Waals surface area contributed by atoms with Crippen LogP contribution in [0.1, 0.15) is 12.5 Å². The third-order valence-corrected chi connectivity index (χ3v) is 4.59. The summed E-state index contributed by atoms with van der Waals surface area (Å²) >= 11 is 0. The number of nitrogens with one attached hydrogen (secondary N) is 1. The van der Waals surface area contributed by atoms with Crippen molar-refractivity contribution in [1.82, 2.24) is 14.9 Å². The number of carbonyl (C=O) groups is 1. The highest BCUT2D eigenvalue weighted by Gasteiger charge is 2.14. The van der Waals surface area contributed by atoms with E-state index in [-0.39, 0.29) is 11.5 Å². The Morgan fingerprint density at radius 1 is 1.13 bits per heavy atom. The van der Waals surface area contributed by atoms with Gasteiger partial charge in [0.2, 0.25) is 0 Å². The number of aryl methyl sites for hydroxylation is 1. The lowest BCUT2D eigenvalue weighted by molar-refractivity contribution is -0.127. The van der Waals surface area contributed by atoms with Gasteiger partial charge in [-0.05, 0) is 55.8 Å². The number of benzene rings is 2. The van der Waals surface area contributed by atoms with Crippen molar-refractivity contribution in [2.24, 2.45) is 0 Å². The van der Waals surface area contributed by atoms with Gasteiger partial charge in [-0.1, -0.05) is 12.1 Å². The van der Waals surface area contributed by atoms with Crippen LogP contribution in [-0.4, -0.2) is 35.2 Å². The average Bonchev–Trinajstić information content (AvgIpc) is 2.74. The predicted molar refractivity (Wildman–Crippen MR) is 115 cm³/mol. The first-order chi connectivity index (χ1) is 14.5. The van der Waals surface area contributed by atoms with E-state index in [1.54, 1.807) is 14.0 Å². The number of hydrogen-bond acceptors (Lipinski definition) is 5. The van der Waals surface area contributed by atoms with Crippen LogP contribution in [-0.2, 0) is 11.3 Å². The van der Waals surface area contributed by atoms with E-state index in [4.69, 9.17) is 9.47 Å². The molecule has 1 unspecified atom stereocenters. The van der Waals surface area contributed by atoms with Crippen molar-refractivity contribution in [2.45, 2.75) is 26.5 Å². The molecule has 156 valence electrons. The van der Waals surface area contributed by atoms with Gasteiger partial charge < -0.3 is 14.8 Å². The minimum atomic E-state index is -0.640. The molecule has 0 bridgehead atoms. The number of amides is 1. The van der Waals surface area contributed by atoms with E-state index >= 15 is 0 Å². The number of ether oxygens (including phenoxy) is 2. The standard InChI is InChI=1S/C23H25N3O4/c1-16-5-4-6-20(13-16)30-17(2)23(28)24-11-12-26-15-25-21(14-22(26)27)18-7-9-19(29-3)10-8-18/h4-10,13-15,17H,11-12H2,1-3H3,(H,24,28). The van der Waals surface area contributed by atoms with Gasteiger partial charge in [0.25, 0.3) is 11.5 Å². The fourth-order valence-corrected chi connectivity index (χ4v) is 2.90. The van der Waals surface area contributed by atoms with E-state index in [2.05, 4.69) is 10.3 Å². The molecule has 30 heavy (non-hydrogen) atoms. The molecule has 0 saturated heterocycles. The Morgan fingerprint density at radius 2 is 1.90 bits per heavy atom. The minimum absolute atomic E-state index is 0.186. The van der Waals surface area contributed by atoms with Gasteiger partial charge in [0.15, 0.2) is 6.10 Å². The number of methoxy groups -OCH3 is 1. The van der Waals surface area contributed by atoms with E-state index in [0.717, 1.165) is 16.9 Å². The summed E-state index contributed by atoms with van der Waals surface area (Å²) in [7, 11) is 1.60. The van der Waals surface area contributed by atoms with Crippen molar-refractivity contribution in [2.75, 3.05) is 13.7 Å². The van der Waals surface area contributed by atoms with Crippen molar-refractivity contribution < 1.29 is 14.3 Å². The molecule has 0 aliphatic rings. The second-order valence-electron chi connectivity index (χ2n) is 6.90. The molecule has 0 radical (unpaired) electrons. The second-order valence-corrected chi connectivity index (χ2v) is 6.90. The van der Waals surface area contributed by atoms with Gasteiger partial charge in [-0.2, -0.15) is 0 Å². The number of carbonyl (C=O) groups excluding carboxylic acids is 1. The van der Waals surface area contributed by atoms with Crippen LogP contribution in [0, 0.1) is 6.92 Å². The van der Waals surface area contributed by atoms with Gasteiger partial charge in [-0.15, -0.1) is 0 Å². The van der Waals surface area contributed by atoms with Crippen LogP contribution < -0.4 is 20.3 Å². The summed E-state index contributed by atoms with van der Waals surface area (Å²) < 4.78 is 12.3. The largest absolute Gasteiger partial charge is 0.497 e. The monoisotopic (exact) mass is 407 g/mol. The van der Waals surface area contributed by atoms with Gasteiger partial charge in [-0.3, -0.25) is 14.2 Å². The lowest BCUT2D eigenvalue weighted by atomic mass is 10.1. The number of rotatable bonds is 8. The first-order valence-electron chi connectivity index (χ1n) is 9.68. The van der Waals surface area contributed by atoms with E-state index in [0.29, 0.717) is 24.5 Å². The molecule has 0 spiro atoms. The van der Waals surface area contributed by atoms with Crippen LogP contribution in [0.2, 0.25) is 0 Å². The highest BCUT2D eigenvalue weighted by molar-refractivity contribution is 5.80.